The van der Waals surface area contributed by atoms with E-state index in [2.05, 4.69) is 237 Å². The third-order valence-electron chi connectivity index (χ3n) is 12.4. The smallest absolute Gasteiger partial charge is 0.366 e. The van der Waals surface area contributed by atoms with Crippen LogP contribution in [0.5, 0.6) is 0 Å². The Kier molecular flexibility index (Phi) is 16.5. The molecule has 0 spiro atoms. The fourth-order valence-electron chi connectivity index (χ4n) is 9.45. The minimum absolute atomic E-state index is 0. The van der Waals surface area contributed by atoms with Crippen LogP contribution in [0.1, 0.15) is 22.3 Å². The van der Waals surface area contributed by atoms with Gasteiger partial charge in [0, 0.05) is 0 Å². The first kappa shape index (κ1) is 48.6. The van der Waals surface area contributed by atoms with Gasteiger partial charge in [-0.1, -0.05) is 193 Å². The molecule has 2 aliphatic rings. The van der Waals surface area contributed by atoms with Crippen molar-refractivity contribution >= 4 is 66.1 Å². The first-order valence-electron chi connectivity index (χ1n) is 21.8. The average Bonchev–Trinajstić information content (AvgIpc) is 3.86. The fraction of sp³-hybridized carbons (Fsp3) is 0.0492. The molecular formula is C61H48Au2P2Si+2. The monoisotopic (exact) mass is 1260 g/mol. The molecule has 1 heterocycles. The van der Waals surface area contributed by atoms with Gasteiger partial charge in [0.05, 0.1) is 0 Å². The summed E-state index contributed by atoms with van der Waals surface area (Å²) in [6, 6.07) is 82.8. The first-order chi connectivity index (χ1) is 31.5. The molecule has 326 valence electrons. The van der Waals surface area contributed by atoms with Gasteiger partial charge in [0.1, 0.15) is 55.7 Å². The van der Waals surface area contributed by atoms with E-state index in [0.717, 1.165) is 17.5 Å². The Morgan fingerprint density at radius 3 is 1.21 bits per heavy atom. The first-order valence-corrected chi connectivity index (χ1v) is 27.8. The molecular weight excluding hydrogens is 1220 g/mol. The summed E-state index contributed by atoms with van der Waals surface area (Å²) in [5.74, 6) is 5.10. The quantitative estimate of drug-likeness (QED) is 0.0674. The molecule has 0 saturated heterocycles. The SMILES string of the molecule is [Au+].[Au+].[C-]#Cc1cccc2c1-c1ccccc1C2.[C-]#Cc1cccc2c1-c1ccccc1[Si]2(C)C.c1ccc([PH+](c2ccccc2)c2ccccc2[PH+](c2ccccc2)c2ccccc2)cc1. The van der Waals surface area contributed by atoms with Gasteiger partial charge < -0.3 is 12.8 Å². The molecule has 1 aliphatic heterocycles. The molecule has 0 nitrogen and oxygen atoms in total. The molecule has 0 fully saturated rings. The maximum absolute atomic E-state index is 7.45. The summed E-state index contributed by atoms with van der Waals surface area (Å²) in [7, 11) is -3.83. The topological polar surface area (TPSA) is 0 Å². The summed E-state index contributed by atoms with van der Waals surface area (Å²) in [6.45, 7) is 4.76. The van der Waals surface area contributed by atoms with Gasteiger partial charge in [0.15, 0.2) is 0 Å². The fourth-order valence-corrected chi connectivity index (χ4v) is 18.5. The molecule has 0 amide bonds. The van der Waals surface area contributed by atoms with E-state index >= 15 is 0 Å². The van der Waals surface area contributed by atoms with Gasteiger partial charge in [-0.05, 0) is 89.0 Å². The van der Waals surface area contributed by atoms with E-state index < -0.39 is 23.9 Å². The molecule has 1 aliphatic carbocycles. The number of hydrogen-bond acceptors (Lipinski definition) is 0. The van der Waals surface area contributed by atoms with Crippen LogP contribution in [-0.2, 0) is 51.2 Å². The molecule has 0 bridgehead atoms. The third-order valence-corrected chi connectivity index (χ3v) is 21.8. The summed E-state index contributed by atoms with van der Waals surface area (Å²) in [5.41, 5.74) is 9.52. The number of benzene rings is 9. The normalized spacial score (nSPS) is 11.8. The predicted molar refractivity (Wildman–Crippen MR) is 282 cm³/mol. The molecule has 9 aromatic rings. The minimum Gasteiger partial charge on any atom is -0.366 e. The van der Waals surface area contributed by atoms with E-state index in [9.17, 15) is 0 Å². The van der Waals surface area contributed by atoms with Crippen LogP contribution in [0.15, 0.2) is 231 Å². The number of hydrogen-bond donors (Lipinski definition) is 0. The zero-order valence-electron chi connectivity index (χ0n) is 36.7. The van der Waals surface area contributed by atoms with Crippen molar-refractivity contribution in [2.45, 2.75) is 19.5 Å². The second-order valence-corrected chi connectivity index (χ2v) is 25.8. The maximum atomic E-state index is 7.45. The number of fused-ring (bicyclic) bond motifs is 6. The molecule has 0 unspecified atom stereocenters. The van der Waals surface area contributed by atoms with Gasteiger partial charge >= 0.3 is 44.8 Å². The van der Waals surface area contributed by atoms with Crippen molar-refractivity contribution in [3.8, 4) is 34.1 Å². The van der Waals surface area contributed by atoms with Crippen LogP contribution in [0.4, 0.5) is 0 Å². The summed E-state index contributed by atoms with van der Waals surface area (Å²) >= 11 is 0. The summed E-state index contributed by atoms with van der Waals surface area (Å²) in [6.07, 6.45) is 15.7. The Morgan fingerprint density at radius 2 is 0.727 bits per heavy atom. The van der Waals surface area contributed by atoms with Gasteiger partial charge in [-0.2, -0.15) is 0 Å². The van der Waals surface area contributed by atoms with Gasteiger partial charge in [-0.25, -0.2) is 0 Å². The van der Waals surface area contributed by atoms with Crippen LogP contribution in [-0.4, -0.2) is 8.07 Å². The standard InChI is InChI=1S/C30H24P2.C16H13Si.C15H9.2Au/c1-5-15-25(16-6-1)31(26-17-7-2-8-18-26)29-23-13-14-24-30(29)32(27-19-9-3-10-20-27)28-21-11-4-12-22-28;1-4-12-8-7-11-15-16(12)13-9-5-6-10-14(13)17(15,2)3;1-2-11-7-5-8-13-10-12-6-3-4-9-14(12)15(11)13;;/h1-24H;5-11H,2-3H3;3-9H,10H2;;/q;2*-1;2*+1/p+2. The van der Waals surface area contributed by atoms with Crippen LogP contribution in [0, 0.1) is 24.7 Å². The molecule has 0 N–H and O–H groups in total. The molecule has 9 aromatic carbocycles. The Labute approximate surface area is 426 Å². The summed E-state index contributed by atoms with van der Waals surface area (Å²) in [5, 5.41) is 11.6. The maximum Gasteiger partial charge on any atom is 1.00 e. The third kappa shape index (κ3) is 10.00. The Balaban J connectivity index is 0.000000160. The van der Waals surface area contributed by atoms with Crippen molar-refractivity contribution in [3.63, 3.8) is 0 Å². The van der Waals surface area contributed by atoms with Crippen molar-refractivity contribution in [2.24, 2.45) is 0 Å². The minimum atomic E-state index is -1.55. The van der Waals surface area contributed by atoms with Crippen LogP contribution < -0.4 is 42.2 Å². The van der Waals surface area contributed by atoms with Crippen molar-refractivity contribution in [3.05, 3.63) is 266 Å². The Morgan fingerprint density at radius 1 is 0.364 bits per heavy atom. The predicted octanol–water partition coefficient (Wildman–Crippen LogP) is 10.3. The number of rotatable bonds is 6. The molecule has 11 rings (SSSR count). The Bertz CT molecular complexity index is 2960. The second kappa shape index (κ2) is 22.4. The van der Waals surface area contributed by atoms with Gasteiger partial charge in [0.25, 0.3) is 0 Å². The van der Waals surface area contributed by atoms with Crippen LogP contribution in [0.25, 0.3) is 22.3 Å². The molecule has 66 heavy (non-hydrogen) atoms. The Hall–Kier alpha value is -5.34. The van der Waals surface area contributed by atoms with Crippen molar-refractivity contribution in [2.75, 3.05) is 0 Å². The molecule has 0 saturated carbocycles. The zero-order valence-corrected chi connectivity index (χ0v) is 44.1. The van der Waals surface area contributed by atoms with Crippen molar-refractivity contribution < 1.29 is 44.8 Å². The second-order valence-electron chi connectivity index (χ2n) is 16.6. The summed E-state index contributed by atoms with van der Waals surface area (Å²) in [4.78, 5) is 0. The van der Waals surface area contributed by atoms with Crippen LogP contribution in [0.2, 0.25) is 13.1 Å². The average molecular weight is 1270 g/mol. The van der Waals surface area contributed by atoms with E-state index in [1.54, 1.807) is 0 Å². The molecule has 0 atom stereocenters. The van der Waals surface area contributed by atoms with Crippen LogP contribution >= 0.6 is 15.8 Å². The molecule has 5 heteroatoms. The van der Waals surface area contributed by atoms with Crippen LogP contribution in [0.3, 0.4) is 0 Å². The van der Waals surface area contributed by atoms with E-state index in [4.69, 9.17) is 12.8 Å². The molecule has 0 aromatic heterocycles. The largest absolute Gasteiger partial charge is 1.00 e. The van der Waals surface area contributed by atoms with E-state index in [0.29, 0.717) is 0 Å². The van der Waals surface area contributed by atoms with Gasteiger partial charge in [0.2, 0.25) is 0 Å². The van der Waals surface area contributed by atoms with Gasteiger partial charge in [-0.3, -0.25) is 11.8 Å². The summed E-state index contributed by atoms with van der Waals surface area (Å²) < 4.78 is 0. The van der Waals surface area contributed by atoms with Gasteiger partial charge in [-0.15, -0.1) is 23.3 Å². The van der Waals surface area contributed by atoms with Crippen molar-refractivity contribution in [1.29, 1.82) is 0 Å². The van der Waals surface area contributed by atoms with E-state index in [1.807, 2.05) is 18.2 Å². The van der Waals surface area contributed by atoms with E-state index in [1.165, 1.54) is 75.6 Å². The molecule has 0 radical (unpaired) electrons. The zero-order chi connectivity index (χ0) is 43.9. The van der Waals surface area contributed by atoms with E-state index in [-0.39, 0.29) is 44.8 Å². The van der Waals surface area contributed by atoms with Crippen molar-refractivity contribution in [1.82, 2.24) is 0 Å².